The molecule has 1 amide bonds. The highest BCUT2D eigenvalue weighted by Crippen LogP contribution is 2.31. The van der Waals surface area contributed by atoms with Crippen molar-refractivity contribution in [2.24, 2.45) is 11.7 Å². The fraction of sp³-hybridized carbons (Fsp3) is 0.435. The molecule has 6 nitrogen and oxygen atoms in total. The molecule has 0 saturated carbocycles. The molecule has 2 atom stereocenters. The predicted molar refractivity (Wildman–Crippen MR) is 119 cm³/mol. The Balaban J connectivity index is 0.00000320. The zero-order valence-corrected chi connectivity index (χ0v) is 18.3. The van der Waals surface area contributed by atoms with E-state index in [0.717, 1.165) is 24.0 Å². The quantitative estimate of drug-likeness (QED) is 0.662. The van der Waals surface area contributed by atoms with E-state index in [1.165, 1.54) is 0 Å². The Kier molecular flexibility index (Phi) is 9.43. The van der Waals surface area contributed by atoms with Gasteiger partial charge in [-0.1, -0.05) is 36.4 Å². The first-order valence-electron chi connectivity index (χ1n) is 10.1. The van der Waals surface area contributed by atoms with E-state index in [0.29, 0.717) is 31.3 Å². The summed E-state index contributed by atoms with van der Waals surface area (Å²) < 4.78 is 16.8. The molecule has 0 aromatic heterocycles. The molecule has 2 aromatic carbocycles. The number of amides is 1. The first kappa shape index (κ1) is 24.0. The maximum Gasteiger partial charge on any atom is 0.237 e. The second kappa shape index (κ2) is 11.8. The lowest BCUT2D eigenvalue weighted by atomic mass is 9.91. The van der Waals surface area contributed by atoms with E-state index in [-0.39, 0.29) is 30.3 Å². The predicted octanol–water partition coefficient (Wildman–Crippen LogP) is 3.63. The fourth-order valence-electron chi connectivity index (χ4n) is 3.49. The molecule has 0 aliphatic carbocycles. The second-order valence-corrected chi connectivity index (χ2v) is 7.39. The highest BCUT2D eigenvalue weighted by Gasteiger charge is 2.27. The Morgan fingerprint density at radius 2 is 1.87 bits per heavy atom. The summed E-state index contributed by atoms with van der Waals surface area (Å²) >= 11 is 0. The average Bonchev–Trinajstić information content (AvgIpc) is 2.78. The molecule has 30 heavy (non-hydrogen) atoms. The molecule has 1 fully saturated rings. The summed E-state index contributed by atoms with van der Waals surface area (Å²) in [4.78, 5) is 12.6. The molecule has 2 aromatic rings. The lowest BCUT2D eigenvalue weighted by molar-refractivity contribution is -0.125. The maximum absolute atomic E-state index is 12.6. The van der Waals surface area contributed by atoms with Crippen molar-refractivity contribution in [3.05, 3.63) is 59.7 Å². The summed E-state index contributed by atoms with van der Waals surface area (Å²) in [5.41, 5.74) is 8.20. The standard InChI is InChI=1S/C23H30N2O4.ClH/c1-16(25-23(26)22(24)18-10-12-28-13-11-18)19-8-9-20(21(14-19)27-2)29-15-17-6-4-3-5-7-17;/h3-9,14,16,18,22H,10-13,15,24H2,1-2H3,(H,25,26);1H. The number of benzene rings is 2. The molecule has 3 rings (SSSR count). The zero-order chi connectivity index (χ0) is 20.6. The monoisotopic (exact) mass is 434 g/mol. The van der Waals surface area contributed by atoms with Crippen LogP contribution in [0.15, 0.2) is 48.5 Å². The minimum atomic E-state index is -0.517. The van der Waals surface area contributed by atoms with Gasteiger partial charge in [0.25, 0.3) is 0 Å². The van der Waals surface area contributed by atoms with Crippen LogP contribution in [0.1, 0.15) is 36.9 Å². The van der Waals surface area contributed by atoms with Crippen LogP contribution in [0.3, 0.4) is 0 Å². The molecule has 3 N–H and O–H groups in total. The first-order chi connectivity index (χ1) is 14.1. The number of hydrogen-bond acceptors (Lipinski definition) is 5. The molecule has 1 aliphatic rings. The lowest BCUT2D eigenvalue weighted by Crippen LogP contribution is -2.47. The molecule has 0 bridgehead atoms. The third-order valence-corrected chi connectivity index (χ3v) is 5.36. The van der Waals surface area contributed by atoms with Gasteiger partial charge in [0.2, 0.25) is 5.91 Å². The molecular weight excluding hydrogens is 404 g/mol. The van der Waals surface area contributed by atoms with E-state index < -0.39 is 6.04 Å². The molecular formula is C23H31ClN2O4. The molecule has 0 radical (unpaired) electrons. The van der Waals surface area contributed by atoms with Crippen molar-refractivity contribution in [1.29, 1.82) is 0 Å². The fourth-order valence-corrected chi connectivity index (χ4v) is 3.49. The van der Waals surface area contributed by atoms with Crippen molar-refractivity contribution >= 4 is 18.3 Å². The SMILES string of the molecule is COc1cc(C(C)NC(=O)C(N)C2CCOCC2)ccc1OCc1ccccc1.Cl. The smallest absolute Gasteiger partial charge is 0.237 e. The van der Waals surface area contributed by atoms with Crippen molar-refractivity contribution in [3.63, 3.8) is 0 Å². The van der Waals surface area contributed by atoms with Crippen LogP contribution in [0.2, 0.25) is 0 Å². The van der Waals surface area contributed by atoms with Crippen LogP contribution in [-0.4, -0.2) is 32.3 Å². The highest BCUT2D eigenvalue weighted by molar-refractivity contribution is 5.85. The number of nitrogens with two attached hydrogens (primary N) is 1. The van der Waals surface area contributed by atoms with E-state index in [2.05, 4.69) is 5.32 Å². The number of ether oxygens (including phenoxy) is 3. The van der Waals surface area contributed by atoms with Gasteiger partial charge in [0.1, 0.15) is 6.61 Å². The molecule has 1 heterocycles. The van der Waals surface area contributed by atoms with Crippen LogP contribution in [-0.2, 0) is 16.1 Å². The minimum absolute atomic E-state index is 0. The van der Waals surface area contributed by atoms with Crippen LogP contribution in [0.4, 0.5) is 0 Å². The van der Waals surface area contributed by atoms with Gasteiger partial charge in [-0.25, -0.2) is 0 Å². The number of methoxy groups -OCH3 is 1. The topological polar surface area (TPSA) is 82.8 Å². The maximum atomic E-state index is 12.6. The molecule has 164 valence electrons. The molecule has 2 unspecified atom stereocenters. The van der Waals surface area contributed by atoms with Crippen LogP contribution < -0.4 is 20.5 Å². The Morgan fingerprint density at radius 3 is 2.53 bits per heavy atom. The molecule has 1 aliphatic heterocycles. The van der Waals surface area contributed by atoms with Gasteiger partial charge in [-0.15, -0.1) is 12.4 Å². The first-order valence-corrected chi connectivity index (χ1v) is 10.1. The molecule has 1 saturated heterocycles. The average molecular weight is 435 g/mol. The van der Waals surface area contributed by atoms with E-state index >= 15 is 0 Å². The summed E-state index contributed by atoms with van der Waals surface area (Å²) in [7, 11) is 1.61. The van der Waals surface area contributed by atoms with E-state index in [1.807, 2.05) is 55.5 Å². The molecule has 0 spiro atoms. The van der Waals surface area contributed by atoms with Crippen LogP contribution in [0.25, 0.3) is 0 Å². The van der Waals surface area contributed by atoms with Gasteiger partial charge in [-0.2, -0.15) is 0 Å². The van der Waals surface area contributed by atoms with Gasteiger partial charge in [0.05, 0.1) is 19.2 Å². The Bertz CT molecular complexity index is 797. The van der Waals surface area contributed by atoms with Crippen molar-refractivity contribution in [2.45, 2.75) is 38.5 Å². The lowest BCUT2D eigenvalue weighted by Gasteiger charge is -2.28. The van der Waals surface area contributed by atoms with Crippen LogP contribution in [0, 0.1) is 5.92 Å². The number of carbonyl (C=O) groups is 1. The zero-order valence-electron chi connectivity index (χ0n) is 17.5. The van der Waals surface area contributed by atoms with Crippen molar-refractivity contribution in [3.8, 4) is 11.5 Å². The van der Waals surface area contributed by atoms with E-state index in [9.17, 15) is 4.79 Å². The van der Waals surface area contributed by atoms with Crippen molar-refractivity contribution in [1.82, 2.24) is 5.32 Å². The van der Waals surface area contributed by atoms with Crippen molar-refractivity contribution < 1.29 is 19.0 Å². The van der Waals surface area contributed by atoms with Crippen LogP contribution >= 0.6 is 12.4 Å². The summed E-state index contributed by atoms with van der Waals surface area (Å²) in [6.45, 7) is 3.74. The summed E-state index contributed by atoms with van der Waals surface area (Å²) in [6, 6.07) is 15.0. The summed E-state index contributed by atoms with van der Waals surface area (Å²) in [5.74, 6) is 1.33. The van der Waals surface area contributed by atoms with Crippen molar-refractivity contribution in [2.75, 3.05) is 20.3 Å². The molecule has 7 heteroatoms. The number of nitrogens with one attached hydrogen (secondary N) is 1. The number of rotatable bonds is 8. The minimum Gasteiger partial charge on any atom is -0.493 e. The van der Waals surface area contributed by atoms with Gasteiger partial charge in [0, 0.05) is 13.2 Å². The Labute approximate surface area is 184 Å². The van der Waals surface area contributed by atoms with Crippen LogP contribution in [0.5, 0.6) is 11.5 Å². The van der Waals surface area contributed by atoms with Gasteiger partial charge in [-0.05, 0) is 48.9 Å². The van der Waals surface area contributed by atoms with E-state index in [1.54, 1.807) is 7.11 Å². The van der Waals surface area contributed by atoms with E-state index in [4.69, 9.17) is 19.9 Å². The van der Waals surface area contributed by atoms with Gasteiger partial charge < -0.3 is 25.3 Å². The summed E-state index contributed by atoms with van der Waals surface area (Å²) in [6.07, 6.45) is 1.65. The number of hydrogen-bond donors (Lipinski definition) is 2. The Morgan fingerprint density at radius 1 is 1.17 bits per heavy atom. The highest BCUT2D eigenvalue weighted by atomic mass is 35.5. The normalized spacial score (nSPS) is 16.1. The van der Waals surface area contributed by atoms with Gasteiger partial charge >= 0.3 is 0 Å². The number of halogens is 1. The third-order valence-electron chi connectivity index (χ3n) is 5.36. The largest absolute Gasteiger partial charge is 0.493 e. The third kappa shape index (κ3) is 6.36. The number of carbonyl (C=O) groups excluding carboxylic acids is 1. The Hall–Kier alpha value is -2.28. The van der Waals surface area contributed by atoms with Gasteiger partial charge in [0.15, 0.2) is 11.5 Å². The van der Waals surface area contributed by atoms with Gasteiger partial charge in [-0.3, -0.25) is 4.79 Å². The summed E-state index contributed by atoms with van der Waals surface area (Å²) in [5, 5.41) is 3.02. The second-order valence-electron chi connectivity index (χ2n) is 7.39.